The summed E-state index contributed by atoms with van der Waals surface area (Å²) >= 11 is 0. The Hall–Kier alpha value is -2.91. The molecule has 3 amide bonds. The minimum atomic E-state index is -3.76. The topological polar surface area (TPSA) is 122 Å². The molecule has 1 atom stereocenters. The Morgan fingerprint density at radius 2 is 1.54 bits per heavy atom. The second-order valence-electron chi connectivity index (χ2n) is 6.50. The van der Waals surface area contributed by atoms with Gasteiger partial charge in [-0.3, -0.25) is 4.79 Å². The van der Waals surface area contributed by atoms with E-state index < -0.39 is 22.1 Å². The number of rotatable bonds is 5. The number of benzene rings is 2. The fraction of sp³-hybridized carbons (Fsp3) is 0.263. The van der Waals surface area contributed by atoms with Crippen molar-refractivity contribution in [3.05, 3.63) is 54.6 Å². The van der Waals surface area contributed by atoms with Gasteiger partial charge in [0.1, 0.15) is 6.04 Å². The van der Waals surface area contributed by atoms with Gasteiger partial charge in [0.2, 0.25) is 15.9 Å². The van der Waals surface area contributed by atoms with Gasteiger partial charge in [-0.2, -0.15) is 4.31 Å². The predicted octanol–water partition coefficient (Wildman–Crippen LogP) is 2.36. The van der Waals surface area contributed by atoms with Crippen LogP contribution in [-0.4, -0.2) is 37.2 Å². The molecule has 1 aliphatic heterocycles. The van der Waals surface area contributed by atoms with Gasteiger partial charge >= 0.3 is 6.03 Å². The molecule has 2 aromatic carbocycles. The third-order valence-corrected chi connectivity index (χ3v) is 6.45. The number of nitrogens with two attached hydrogens (primary N) is 1. The van der Waals surface area contributed by atoms with E-state index in [0.29, 0.717) is 30.8 Å². The second-order valence-corrected chi connectivity index (χ2v) is 8.39. The second kappa shape index (κ2) is 8.41. The van der Waals surface area contributed by atoms with Crippen LogP contribution in [0.2, 0.25) is 0 Å². The number of amides is 3. The number of nitrogens with zero attached hydrogens (tertiary/aromatic N) is 1. The summed E-state index contributed by atoms with van der Waals surface area (Å²) in [5, 5.41) is 5.19. The lowest BCUT2D eigenvalue weighted by Crippen LogP contribution is -2.49. The number of carbonyl (C=O) groups excluding carboxylic acids is 2. The zero-order valence-electron chi connectivity index (χ0n) is 15.2. The number of hydrogen-bond acceptors (Lipinski definition) is 4. The molecule has 28 heavy (non-hydrogen) atoms. The van der Waals surface area contributed by atoms with Crippen LogP contribution in [0.25, 0.3) is 0 Å². The van der Waals surface area contributed by atoms with E-state index in [0.717, 1.165) is 6.42 Å². The standard InChI is InChI=1S/C19H22N4O4S/c20-19(25)22-15-11-9-14(10-12-15)21-18(24)17-8-4-5-13-23(17)28(26,27)16-6-2-1-3-7-16/h1-3,6-7,9-12,17H,4-5,8,13H2,(H,21,24)(H3,20,22,25). The normalized spacial score (nSPS) is 17.6. The highest BCUT2D eigenvalue weighted by molar-refractivity contribution is 7.89. The lowest BCUT2D eigenvalue weighted by Gasteiger charge is -2.33. The van der Waals surface area contributed by atoms with Crippen molar-refractivity contribution in [1.82, 2.24) is 4.31 Å². The molecule has 8 nitrogen and oxygen atoms in total. The van der Waals surface area contributed by atoms with Crippen LogP contribution in [0.15, 0.2) is 59.5 Å². The average Bonchev–Trinajstić information content (AvgIpc) is 2.70. The van der Waals surface area contributed by atoms with Crippen molar-refractivity contribution in [2.24, 2.45) is 5.73 Å². The quantitative estimate of drug-likeness (QED) is 0.711. The van der Waals surface area contributed by atoms with E-state index in [1.165, 1.54) is 16.4 Å². The summed E-state index contributed by atoms with van der Waals surface area (Å²) < 4.78 is 27.3. The molecule has 148 valence electrons. The van der Waals surface area contributed by atoms with Gasteiger partial charge in [-0.05, 0) is 49.2 Å². The molecule has 1 unspecified atom stereocenters. The molecule has 0 saturated carbocycles. The molecule has 9 heteroatoms. The molecule has 0 radical (unpaired) electrons. The monoisotopic (exact) mass is 402 g/mol. The number of carbonyl (C=O) groups is 2. The molecule has 4 N–H and O–H groups in total. The maximum atomic E-state index is 13.0. The lowest BCUT2D eigenvalue weighted by atomic mass is 10.0. The Bertz CT molecular complexity index is 946. The van der Waals surface area contributed by atoms with Gasteiger partial charge in [0.15, 0.2) is 0 Å². The Morgan fingerprint density at radius 1 is 0.929 bits per heavy atom. The molecule has 0 spiro atoms. The zero-order valence-corrected chi connectivity index (χ0v) is 16.0. The van der Waals surface area contributed by atoms with Crippen LogP contribution in [-0.2, 0) is 14.8 Å². The van der Waals surface area contributed by atoms with E-state index in [1.54, 1.807) is 42.5 Å². The number of nitrogens with one attached hydrogen (secondary N) is 2. The van der Waals surface area contributed by atoms with Crippen molar-refractivity contribution in [2.45, 2.75) is 30.2 Å². The predicted molar refractivity (Wildman–Crippen MR) is 106 cm³/mol. The molecule has 1 saturated heterocycles. The van der Waals surface area contributed by atoms with Crippen LogP contribution in [0.3, 0.4) is 0 Å². The first-order chi connectivity index (χ1) is 13.4. The average molecular weight is 402 g/mol. The number of hydrogen-bond donors (Lipinski definition) is 3. The maximum absolute atomic E-state index is 13.0. The van der Waals surface area contributed by atoms with Crippen molar-refractivity contribution in [3.8, 4) is 0 Å². The number of anilines is 2. The van der Waals surface area contributed by atoms with E-state index in [9.17, 15) is 18.0 Å². The van der Waals surface area contributed by atoms with E-state index in [1.807, 2.05) is 0 Å². The van der Waals surface area contributed by atoms with E-state index in [4.69, 9.17) is 5.73 Å². The minimum absolute atomic E-state index is 0.177. The van der Waals surface area contributed by atoms with Gasteiger partial charge in [0, 0.05) is 17.9 Å². The zero-order chi connectivity index (χ0) is 20.1. The molecular weight excluding hydrogens is 380 g/mol. The van der Waals surface area contributed by atoms with Gasteiger partial charge < -0.3 is 16.4 Å². The van der Waals surface area contributed by atoms with Crippen LogP contribution in [0.4, 0.5) is 16.2 Å². The third kappa shape index (κ3) is 4.49. The Kier molecular flexibility index (Phi) is 5.96. The molecule has 3 rings (SSSR count). The summed E-state index contributed by atoms with van der Waals surface area (Å²) in [5.41, 5.74) is 6.06. The maximum Gasteiger partial charge on any atom is 0.316 e. The Morgan fingerprint density at radius 3 is 2.14 bits per heavy atom. The highest BCUT2D eigenvalue weighted by Crippen LogP contribution is 2.26. The summed E-state index contributed by atoms with van der Waals surface area (Å²) in [6, 6.07) is 13.1. The van der Waals surface area contributed by atoms with Crippen LogP contribution in [0, 0.1) is 0 Å². The van der Waals surface area contributed by atoms with E-state index in [-0.39, 0.29) is 10.8 Å². The smallest absolute Gasteiger partial charge is 0.316 e. The van der Waals surface area contributed by atoms with Crippen LogP contribution < -0.4 is 16.4 Å². The Labute approximate surface area is 163 Å². The largest absolute Gasteiger partial charge is 0.351 e. The summed E-state index contributed by atoms with van der Waals surface area (Å²) in [4.78, 5) is 23.9. The van der Waals surface area contributed by atoms with Gasteiger partial charge in [-0.1, -0.05) is 24.6 Å². The molecule has 0 aromatic heterocycles. The third-order valence-electron chi connectivity index (χ3n) is 4.53. The van der Waals surface area contributed by atoms with Crippen LogP contribution in [0.1, 0.15) is 19.3 Å². The SMILES string of the molecule is NC(=O)Nc1ccc(NC(=O)C2CCCCN2S(=O)(=O)c2ccccc2)cc1. The van der Waals surface area contributed by atoms with Crippen molar-refractivity contribution in [1.29, 1.82) is 0 Å². The van der Waals surface area contributed by atoms with E-state index in [2.05, 4.69) is 10.6 Å². The summed E-state index contributed by atoms with van der Waals surface area (Å²) in [7, 11) is -3.76. The van der Waals surface area contributed by atoms with Gasteiger partial charge in [-0.15, -0.1) is 0 Å². The highest BCUT2D eigenvalue weighted by atomic mass is 32.2. The molecule has 2 aromatic rings. The van der Waals surface area contributed by atoms with Gasteiger partial charge in [0.05, 0.1) is 4.90 Å². The number of primary amides is 1. The molecule has 1 aliphatic rings. The lowest BCUT2D eigenvalue weighted by molar-refractivity contribution is -0.120. The van der Waals surface area contributed by atoms with Crippen molar-refractivity contribution >= 4 is 33.3 Å². The highest BCUT2D eigenvalue weighted by Gasteiger charge is 2.37. The fourth-order valence-electron chi connectivity index (χ4n) is 3.19. The van der Waals surface area contributed by atoms with Gasteiger partial charge in [-0.25, -0.2) is 13.2 Å². The van der Waals surface area contributed by atoms with Gasteiger partial charge in [0.25, 0.3) is 0 Å². The van der Waals surface area contributed by atoms with E-state index >= 15 is 0 Å². The summed E-state index contributed by atoms with van der Waals surface area (Å²) in [6.07, 6.45) is 1.95. The first-order valence-electron chi connectivity index (χ1n) is 8.92. The number of sulfonamides is 1. The first kappa shape index (κ1) is 19.8. The van der Waals surface area contributed by atoms with Crippen molar-refractivity contribution < 1.29 is 18.0 Å². The summed E-state index contributed by atoms with van der Waals surface area (Å²) in [6.45, 7) is 0.302. The van der Waals surface area contributed by atoms with Crippen molar-refractivity contribution in [2.75, 3.05) is 17.2 Å². The fourth-order valence-corrected chi connectivity index (χ4v) is 4.86. The number of urea groups is 1. The van der Waals surface area contributed by atoms with Crippen LogP contribution >= 0.6 is 0 Å². The summed E-state index contributed by atoms with van der Waals surface area (Å²) in [5.74, 6) is -0.380. The molecule has 0 bridgehead atoms. The first-order valence-corrected chi connectivity index (χ1v) is 10.4. The van der Waals surface area contributed by atoms with Crippen molar-refractivity contribution in [3.63, 3.8) is 0 Å². The molecule has 0 aliphatic carbocycles. The molecular formula is C19H22N4O4S. The Balaban J connectivity index is 1.76. The minimum Gasteiger partial charge on any atom is -0.351 e. The number of piperidine rings is 1. The van der Waals surface area contributed by atoms with Crippen LogP contribution in [0.5, 0.6) is 0 Å². The molecule has 1 fully saturated rings. The molecule has 1 heterocycles.